The zero-order chi connectivity index (χ0) is 13.1. The van der Waals surface area contributed by atoms with Crippen LogP contribution in [0.15, 0.2) is 16.9 Å². The lowest BCUT2D eigenvalue weighted by atomic mass is 11.0. The summed E-state index contributed by atoms with van der Waals surface area (Å²) in [6, 6.07) is 0. The maximum atomic E-state index is 10.9. The van der Waals surface area contributed by atoms with Crippen molar-refractivity contribution in [2.24, 2.45) is 0 Å². The maximum absolute atomic E-state index is 10.9. The summed E-state index contributed by atoms with van der Waals surface area (Å²) in [5.41, 5.74) is 0. The van der Waals surface area contributed by atoms with E-state index in [2.05, 4.69) is 20.8 Å². The van der Waals surface area contributed by atoms with Crippen molar-refractivity contribution in [3.63, 3.8) is 0 Å². The zero-order valence-corrected chi connectivity index (χ0v) is 9.98. The molecule has 1 heterocycles. The van der Waals surface area contributed by atoms with E-state index in [1.54, 1.807) is 0 Å². The third kappa shape index (κ3) is 5.09. The molecule has 14 heteroatoms. The molecule has 0 unspecified atom stereocenters. The summed E-state index contributed by atoms with van der Waals surface area (Å²) >= 11 is 0. The highest BCUT2D eigenvalue weighted by Gasteiger charge is 2.28. The molecule has 0 radical (unpaired) electrons. The van der Waals surface area contributed by atoms with Crippen LogP contribution >= 0.6 is 0 Å². The monoisotopic (exact) mass is 309 g/mol. The molecule has 0 N–H and O–H groups in total. The molecule has 0 spiro atoms. The SMILES string of the molecule is O=[SH](=O)OS(=O)(=O)OS(=O)(=O)Oc1ncco1. The van der Waals surface area contributed by atoms with Crippen molar-refractivity contribution in [2.45, 2.75) is 0 Å². The summed E-state index contributed by atoms with van der Waals surface area (Å²) in [5.74, 6) is 0. The molecule has 0 atom stereocenters. The Kier molecular flexibility index (Phi) is 4.04. The van der Waals surface area contributed by atoms with Crippen LogP contribution in [-0.2, 0) is 39.0 Å². The number of hydrogen-bond acceptors (Lipinski definition) is 11. The Bertz CT molecular complexity index is 627. The summed E-state index contributed by atoms with van der Waals surface area (Å²) in [7, 11) is -14.3. The number of rotatable bonds is 6. The highest BCUT2D eigenvalue weighted by atomic mass is 32.3. The topological polar surface area (TPSA) is 156 Å². The van der Waals surface area contributed by atoms with Gasteiger partial charge in [0.15, 0.2) is 0 Å². The second-order valence-corrected chi connectivity index (χ2v) is 5.45. The van der Waals surface area contributed by atoms with Crippen LogP contribution in [0.4, 0.5) is 0 Å². The van der Waals surface area contributed by atoms with E-state index in [1.165, 1.54) is 0 Å². The van der Waals surface area contributed by atoms with Gasteiger partial charge in [-0.1, -0.05) is 3.63 Å². The van der Waals surface area contributed by atoms with Gasteiger partial charge in [-0.25, -0.2) is 8.42 Å². The first kappa shape index (κ1) is 13.8. The molecule has 0 aromatic carbocycles. The van der Waals surface area contributed by atoms with E-state index >= 15 is 0 Å². The van der Waals surface area contributed by atoms with Gasteiger partial charge in [0.2, 0.25) is 0 Å². The third-order valence-corrected chi connectivity index (χ3v) is 3.80. The van der Waals surface area contributed by atoms with Crippen LogP contribution in [-0.4, -0.2) is 30.2 Å². The van der Waals surface area contributed by atoms with E-state index in [4.69, 9.17) is 0 Å². The minimum absolute atomic E-state index is 0.827. The predicted octanol–water partition coefficient (Wildman–Crippen LogP) is -1.90. The maximum Gasteiger partial charge on any atom is 0.469 e. The van der Waals surface area contributed by atoms with Crippen LogP contribution in [0, 0.1) is 0 Å². The van der Waals surface area contributed by atoms with E-state index in [9.17, 15) is 25.3 Å². The molecule has 1 rings (SSSR count). The molecule has 0 aliphatic carbocycles. The standard InChI is InChI=1S/C3H3NO10S3/c5-15(6)13-17(9,10)14-16(7,8)12-3-4-1-2-11-3/h1-2,15H. The lowest BCUT2D eigenvalue weighted by Gasteiger charge is -2.00. The van der Waals surface area contributed by atoms with Gasteiger partial charge in [0, 0.05) is 0 Å². The van der Waals surface area contributed by atoms with Crippen molar-refractivity contribution in [1.29, 1.82) is 0 Å². The van der Waals surface area contributed by atoms with Crippen LogP contribution in [0.2, 0.25) is 0 Å². The molecule has 0 saturated heterocycles. The fraction of sp³-hybridized carbons (Fsp3) is 0. The van der Waals surface area contributed by atoms with Crippen molar-refractivity contribution < 1.29 is 41.1 Å². The van der Waals surface area contributed by atoms with Crippen LogP contribution in [0.1, 0.15) is 0 Å². The minimum Gasteiger partial charge on any atom is -0.417 e. The molecule has 98 valence electrons. The highest BCUT2D eigenvalue weighted by molar-refractivity contribution is 7.98. The van der Waals surface area contributed by atoms with Gasteiger partial charge >= 0.3 is 26.9 Å². The molecule has 0 fully saturated rings. The number of aromatic nitrogens is 1. The van der Waals surface area contributed by atoms with Gasteiger partial charge in [-0.2, -0.15) is 21.8 Å². The lowest BCUT2D eigenvalue weighted by Crippen LogP contribution is -2.20. The normalized spacial score (nSPS) is 12.8. The van der Waals surface area contributed by atoms with Gasteiger partial charge in [-0.3, -0.25) is 0 Å². The largest absolute Gasteiger partial charge is 0.469 e. The van der Waals surface area contributed by atoms with Gasteiger partial charge in [0.1, 0.15) is 6.26 Å². The van der Waals surface area contributed by atoms with E-state index in [-0.39, 0.29) is 0 Å². The van der Waals surface area contributed by atoms with Gasteiger partial charge in [0.25, 0.3) is 11.0 Å². The first-order valence-corrected chi connectivity index (χ1v) is 7.10. The van der Waals surface area contributed by atoms with Crippen molar-refractivity contribution in [1.82, 2.24) is 4.98 Å². The average molecular weight is 309 g/mol. The Hall–Kier alpha value is -1.22. The van der Waals surface area contributed by atoms with Crippen molar-refractivity contribution >= 4 is 31.8 Å². The number of thiol groups is 1. The first-order valence-electron chi connectivity index (χ1n) is 3.34. The smallest absolute Gasteiger partial charge is 0.417 e. The fourth-order valence-electron chi connectivity index (χ4n) is 0.542. The zero-order valence-electron chi connectivity index (χ0n) is 7.45. The second-order valence-electron chi connectivity index (χ2n) is 2.06. The first-order chi connectivity index (χ1) is 7.70. The van der Waals surface area contributed by atoms with Crippen molar-refractivity contribution in [3.05, 3.63) is 12.5 Å². The fourth-order valence-corrected chi connectivity index (χ4v) is 2.65. The Balaban J connectivity index is 2.80. The molecular formula is C3H3NO10S3. The molecule has 0 aliphatic rings. The summed E-state index contributed by atoms with van der Waals surface area (Å²) in [6.45, 7) is 0. The van der Waals surface area contributed by atoms with Gasteiger partial charge in [-0.15, -0.1) is 3.63 Å². The summed E-state index contributed by atoms with van der Waals surface area (Å²) in [5, 5.41) is 0. The van der Waals surface area contributed by atoms with Crippen LogP contribution < -0.4 is 4.18 Å². The predicted molar refractivity (Wildman–Crippen MR) is 47.5 cm³/mol. The van der Waals surface area contributed by atoms with Crippen LogP contribution in [0.25, 0.3) is 0 Å². The van der Waals surface area contributed by atoms with Crippen molar-refractivity contribution in [3.8, 4) is 6.08 Å². The van der Waals surface area contributed by atoms with E-state index in [0.717, 1.165) is 12.5 Å². The quantitative estimate of drug-likeness (QED) is 0.585. The Morgan fingerprint density at radius 3 is 2.29 bits per heavy atom. The molecule has 1 aromatic rings. The number of nitrogens with zero attached hydrogens (tertiary/aromatic N) is 1. The summed E-state index contributed by atoms with van der Waals surface area (Å²) < 4.78 is 77.6. The van der Waals surface area contributed by atoms with Crippen molar-refractivity contribution in [2.75, 3.05) is 0 Å². The Labute approximate surface area is 96.7 Å². The van der Waals surface area contributed by atoms with Gasteiger partial charge in [0.05, 0.1) is 6.20 Å². The van der Waals surface area contributed by atoms with Crippen LogP contribution in [0.3, 0.4) is 0 Å². The Morgan fingerprint density at radius 1 is 1.18 bits per heavy atom. The molecule has 0 aliphatic heterocycles. The molecule has 17 heavy (non-hydrogen) atoms. The van der Waals surface area contributed by atoms with Crippen LogP contribution in [0.5, 0.6) is 6.08 Å². The molecular weight excluding hydrogens is 306 g/mol. The molecule has 0 bridgehead atoms. The second kappa shape index (κ2) is 4.96. The van der Waals surface area contributed by atoms with Gasteiger partial charge in [-0.05, 0) is 0 Å². The number of hydrogen-bond donors (Lipinski definition) is 1. The summed E-state index contributed by atoms with van der Waals surface area (Å²) in [6.07, 6.45) is 1.11. The third-order valence-electron chi connectivity index (χ3n) is 0.902. The minimum atomic E-state index is -5.32. The van der Waals surface area contributed by atoms with E-state index < -0.39 is 37.9 Å². The van der Waals surface area contributed by atoms with Gasteiger partial charge < -0.3 is 8.60 Å². The van der Waals surface area contributed by atoms with E-state index in [0.29, 0.717) is 0 Å². The van der Waals surface area contributed by atoms with E-state index in [1.807, 2.05) is 0 Å². The number of oxazole rings is 1. The molecule has 0 amide bonds. The Morgan fingerprint density at radius 2 is 1.82 bits per heavy atom. The molecule has 11 nitrogen and oxygen atoms in total. The highest BCUT2D eigenvalue weighted by Crippen LogP contribution is 2.11. The average Bonchev–Trinajstić information content (AvgIpc) is 2.49. The lowest BCUT2D eigenvalue weighted by molar-refractivity contribution is 0.315. The molecule has 0 saturated carbocycles. The molecule has 1 aromatic heterocycles. The summed E-state index contributed by atoms with van der Waals surface area (Å²) in [4.78, 5) is 3.19.